The summed E-state index contributed by atoms with van der Waals surface area (Å²) < 4.78 is 1.03. The summed E-state index contributed by atoms with van der Waals surface area (Å²) in [4.78, 5) is 0. The number of hydrogen-bond acceptors (Lipinski definition) is 2. The normalized spacial score (nSPS) is 13.5. The third-order valence-electron chi connectivity index (χ3n) is 2.00. The summed E-state index contributed by atoms with van der Waals surface area (Å²) in [6.45, 7) is 1.94. The average Bonchev–Trinajstić information content (AvgIpc) is 2.46. The highest BCUT2D eigenvalue weighted by Gasteiger charge is 2.08. The van der Waals surface area contributed by atoms with E-state index in [1.807, 2.05) is 25.1 Å². The molecule has 1 aromatic heterocycles. The fraction of sp³-hybridized carbons (Fsp3) is 0.222. The summed E-state index contributed by atoms with van der Waals surface area (Å²) in [6, 6.07) is 5.97. The average molecular weight is 240 g/mol. The molecule has 1 unspecified atom stereocenters. The van der Waals surface area contributed by atoms with Crippen LogP contribution < -0.4 is 5.73 Å². The van der Waals surface area contributed by atoms with Gasteiger partial charge in [-0.2, -0.15) is 5.10 Å². The van der Waals surface area contributed by atoms with Crippen molar-refractivity contribution in [2.75, 3.05) is 0 Å². The molecule has 0 spiro atoms. The van der Waals surface area contributed by atoms with Crippen molar-refractivity contribution < 1.29 is 0 Å². The first kappa shape index (κ1) is 8.72. The zero-order chi connectivity index (χ0) is 9.42. The summed E-state index contributed by atoms with van der Waals surface area (Å²) >= 11 is 3.39. The molecule has 1 aromatic carbocycles. The number of aromatic nitrogens is 2. The van der Waals surface area contributed by atoms with Gasteiger partial charge in [-0.1, -0.05) is 15.9 Å². The zero-order valence-corrected chi connectivity index (χ0v) is 8.80. The van der Waals surface area contributed by atoms with Gasteiger partial charge in [0.15, 0.2) is 0 Å². The summed E-state index contributed by atoms with van der Waals surface area (Å²) in [5.41, 5.74) is 7.71. The van der Waals surface area contributed by atoms with Gasteiger partial charge >= 0.3 is 0 Å². The number of rotatable bonds is 1. The van der Waals surface area contributed by atoms with E-state index in [1.54, 1.807) is 0 Å². The Labute approximate surface area is 84.4 Å². The van der Waals surface area contributed by atoms with Crippen LogP contribution in [0.3, 0.4) is 0 Å². The van der Waals surface area contributed by atoms with Crippen LogP contribution in [0.2, 0.25) is 0 Å². The highest BCUT2D eigenvalue weighted by molar-refractivity contribution is 9.10. The van der Waals surface area contributed by atoms with Gasteiger partial charge in [0.05, 0.1) is 11.2 Å². The fourth-order valence-corrected chi connectivity index (χ4v) is 1.70. The number of aromatic amines is 1. The lowest BCUT2D eigenvalue weighted by atomic mass is 10.1. The zero-order valence-electron chi connectivity index (χ0n) is 7.21. The smallest absolute Gasteiger partial charge is 0.0935 e. The number of nitrogens with zero attached hydrogens (tertiary/aromatic N) is 1. The summed E-state index contributed by atoms with van der Waals surface area (Å²) in [5.74, 6) is 0. The highest BCUT2D eigenvalue weighted by Crippen LogP contribution is 2.23. The maximum Gasteiger partial charge on any atom is 0.0935 e. The summed E-state index contributed by atoms with van der Waals surface area (Å²) in [5, 5.41) is 8.21. The quantitative estimate of drug-likeness (QED) is 0.803. The van der Waals surface area contributed by atoms with Crippen molar-refractivity contribution in [2.45, 2.75) is 13.0 Å². The molecule has 0 aliphatic rings. The third kappa shape index (κ3) is 1.47. The summed E-state index contributed by atoms with van der Waals surface area (Å²) in [6.07, 6.45) is 0. The van der Waals surface area contributed by atoms with Gasteiger partial charge < -0.3 is 5.73 Å². The Morgan fingerprint density at radius 1 is 1.54 bits per heavy atom. The van der Waals surface area contributed by atoms with Gasteiger partial charge in [0.2, 0.25) is 0 Å². The van der Waals surface area contributed by atoms with Crippen molar-refractivity contribution in [2.24, 2.45) is 5.73 Å². The molecule has 0 saturated carbocycles. The van der Waals surface area contributed by atoms with Gasteiger partial charge in [0, 0.05) is 15.9 Å². The van der Waals surface area contributed by atoms with Crippen molar-refractivity contribution in [1.82, 2.24) is 10.2 Å². The Balaban J connectivity index is 2.69. The maximum atomic E-state index is 5.78. The number of fused-ring (bicyclic) bond motifs is 1. The molecule has 1 atom stereocenters. The molecular weight excluding hydrogens is 230 g/mol. The van der Waals surface area contributed by atoms with Crippen LogP contribution in [0.1, 0.15) is 18.7 Å². The SMILES string of the molecule is CC(N)c1[nH]nc2cc(Br)ccc12. The molecule has 0 amide bonds. The first-order chi connectivity index (χ1) is 6.18. The molecule has 0 aliphatic heterocycles. The molecule has 3 N–H and O–H groups in total. The van der Waals surface area contributed by atoms with Crippen molar-refractivity contribution in [3.8, 4) is 0 Å². The first-order valence-electron chi connectivity index (χ1n) is 4.07. The van der Waals surface area contributed by atoms with E-state index >= 15 is 0 Å². The Morgan fingerprint density at radius 2 is 2.31 bits per heavy atom. The summed E-state index contributed by atoms with van der Waals surface area (Å²) in [7, 11) is 0. The molecule has 0 radical (unpaired) electrons. The van der Waals surface area contributed by atoms with Crippen LogP contribution in [0.25, 0.3) is 10.9 Å². The number of nitrogens with one attached hydrogen (secondary N) is 1. The molecule has 0 fully saturated rings. The minimum Gasteiger partial charge on any atom is -0.323 e. The van der Waals surface area contributed by atoms with E-state index in [9.17, 15) is 0 Å². The van der Waals surface area contributed by atoms with Crippen LogP contribution in [0.4, 0.5) is 0 Å². The molecular formula is C9H10BrN3. The lowest BCUT2D eigenvalue weighted by Crippen LogP contribution is -2.05. The molecule has 0 aliphatic carbocycles. The van der Waals surface area contributed by atoms with Crippen LogP contribution in [-0.4, -0.2) is 10.2 Å². The Kier molecular flexibility index (Phi) is 2.09. The number of benzene rings is 1. The Morgan fingerprint density at radius 3 is 3.00 bits per heavy atom. The van der Waals surface area contributed by atoms with Gasteiger partial charge in [0.1, 0.15) is 0 Å². The van der Waals surface area contributed by atoms with Crippen LogP contribution in [0.15, 0.2) is 22.7 Å². The Hall–Kier alpha value is -0.870. The van der Waals surface area contributed by atoms with E-state index in [0.29, 0.717) is 0 Å². The van der Waals surface area contributed by atoms with E-state index < -0.39 is 0 Å². The van der Waals surface area contributed by atoms with Crippen LogP contribution >= 0.6 is 15.9 Å². The molecule has 2 rings (SSSR count). The molecule has 68 valence electrons. The first-order valence-corrected chi connectivity index (χ1v) is 4.87. The van der Waals surface area contributed by atoms with E-state index in [0.717, 1.165) is 21.1 Å². The van der Waals surface area contributed by atoms with E-state index in [-0.39, 0.29) is 6.04 Å². The minimum atomic E-state index is -0.00817. The fourth-order valence-electron chi connectivity index (χ4n) is 1.35. The Bertz CT molecular complexity index is 433. The third-order valence-corrected chi connectivity index (χ3v) is 2.50. The van der Waals surface area contributed by atoms with Gasteiger partial charge in [-0.15, -0.1) is 0 Å². The lowest BCUT2D eigenvalue weighted by molar-refractivity contribution is 0.779. The van der Waals surface area contributed by atoms with Gasteiger partial charge in [-0.05, 0) is 25.1 Å². The molecule has 2 aromatic rings. The van der Waals surface area contributed by atoms with Crippen molar-refractivity contribution in [3.05, 3.63) is 28.4 Å². The van der Waals surface area contributed by atoms with Gasteiger partial charge in [-0.25, -0.2) is 0 Å². The molecule has 0 saturated heterocycles. The van der Waals surface area contributed by atoms with Crippen LogP contribution in [0.5, 0.6) is 0 Å². The minimum absolute atomic E-state index is 0.00817. The monoisotopic (exact) mass is 239 g/mol. The van der Waals surface area contributed by atoms with Gasteiger partial charge in [-0.3, -0.25) is 5.10 Å². The molecule has 3 nitrogen and oxygen atoms in total. The van der Waals surface area contributed by atoms with Crippen LogP contribution in [-0.2, 0) is 0 Å². The van der Waals surface area contributed by atoms with Crippen molar-refractivity contribution in [1.29, 1.82) is 0 Å². The second kappa shape index (κ2) is 3.12. The number of hydrogen-bond donors (Lipinski definition) is 2. The van der Waals surface area contributed by atoms with Crippen molar-refractivity contribution in [3.63, 3.8) is 0 Å². The predicted molar refractivity (Wildman–Crippen MR) is 56.4 cm³/mol. The molecule has 13 heavy (non-hydrogen) atoms. The number of nitrogens with two attached hydrogens (primary N) is 1. The highest BCUT2D eigenvalue weighted by atomic mass is 79.9. The van der Waals surface area contributed by atoms with E-state index in [2.05, 4.69) is 26.1 Å². The van der Waals surface area contributed by atoms with E-state index in [1.165, 1.54) is 0 Å². The number of H-pyrrole nitrogens is 1. The van der Waals surface area contributed by atoms with Gasteiger partial charge in [0.25, 0.3) is 0 Å². The molecule has 1 heterocycles. The second-order valence-corrected chi connectivity index (χ2v) is 4.00. The van der Waals surface area contributed by atoms with Crippen molar-refractivity contribution >= 4 is 26.8 Å². The topological polar surface area (TPSA) is 54.7 Å². The molecule has 4 heteroatoms. The van der Waals surface area contributed by atoms with E-state index in [4.69, 9.17) is 5.73 Å². The number of halogens is 1. The predicted octanol–water partition coefficient (Wildman–Crippen LogP) is 2.35. The largest absolute Gasteiger partial charge is 0.323 e. The standard InChI is InChI=1S/C9H10BrN3/c1-5(11)9-7-3-2-6(10)4-8(7)12-13-9/h2-5H,11H2,1H3,(H,12,13). The maximum absolute atomic E-state index is 5.78. The molecule has 0 bridgehead atoms. The second-order valence-electron chi connectivity index (χ2n) is 3.09. The lowest BCUT2D eigenvalue weighted by Gasteiger charge is -2.00. The van der Waals surface area contributed by atoms with Crippen LogP contribution in [0, 0.1) is 0 Å².